The van der Waals surface area contributed by atoms with Crippen molar-refractivity contribution in [1.82, 2.24) is 4.31 Å². The second kappa shape index (κ2) is 5.40. The van der Waals surface area contributed by atoms with Crippen LogP contribution >= 0.6 is 11.6 Å². The van der Waals surface area contributed by atoms with E-state index >= 15 is 0 Å². The van der Waals surface area contributed by atoms with E-state index in [2.05, 4.69) is 0 Å². The standard InChI is InChI=1S/C11H15ClN2O3S2/c1-8-10(12)6-9(7-11(8)13)19(16,17)14-2-4-18(15)5-3-14/h6-7H,2-5,13H2,1H3. The van der Waals surface area contributed by atoms with Crippen molar-refractivity contribution < 1.29 is 12.6 Å². The van der Waals surface area contributed by atoms with Crippen molar-refractivity contribution in [3.05, 3.63) is 22.7 Å². The van der Waals surface area contributed by atoms with Gasteiger partial charge >= 0.3 is 0 Å². The number of anilines is 1. The third-order valence-electron chi connectivity index (χ3n) is 3.13. The molecular weight excluding hydrogens is 308 g/mol. The molecule has 2 N–H and O–H groups in total. The molecule has 106 valence electrons. The Morgan fingerprint density at radius 3 is 2.42 bits per heavy atom. The minimum atomic E-state index is -3.61. The summed E-state index contributed by atoms with van der Waals surface area (Å²) >= 11 is 5.98. The molecule has 0 saturated carbocycles. The van der Waals surface area contributed by atoms with Crippen LogP contribution in [0.1, 0.15) is 5.56 Å². The van der Waals surface area contributed by atoms with Crippen molar-refractivity contribution in [2.75, 3.05) is 30.3 Å². The summed E-state index contributed by atoms with van der Waals surface area (Å²) in [5, 5.41) is 0.333. The Morgan fingerprint density at radius 1 is 1.32 bits per heavy atom. The van der Waals surface area contributed by atoms with Crippen LogP contribution in [0.2, 0.25) is 5.02 Å². The molecule has 2 rings (SSSR count). The predicted octanol–water partition coefficient (Wildman–Crippen LogP) is 0.984. The Labute approximate surface area is 120 Å². The lowest BCUT2D eigenvalue weighted by Gasteiger charge is -2.25. The molecule has 0 radical (unpaired) electrons. The molecular formula is C11H15ClN2O3S2. The molecule has 0 amide bonds. The number of hydrogen-bond donors (Lipinski definition) is 1. The number of nitrogen functional groups attached to an aromatic ring is 1. The quantitative estimate of drug-likeness (QED) is 0.823. The topological polar surface area (TPSA) is 80.5 Å². The zero-order valence-electron chi connectivity index (χ0n) is 10.4. The summed E-state index contributed by atoms with van der Waals surface area (Å²) in [5.74, 6) is 0.739. The summed E-state index contributed by atoms with van der Waals surface area (Å²) in [6, 6.07) is 2.83. The molecule has 0 aromatic heterocycles. The smallest absolute Gasteiger partial charge is 0.243 e. The number of halogens is 1. The van der Waals surface area contributed by atoms with Gasteiger partial charge in [-0.15, -0.1) is 0 Å². The predicted molar refractivity (Wildman–Crippen MR) is 77.2 cm³/mol. The first-order chi connectivity index (χ1) is 8.82. The van der Waals surface area contributed by atoms with Gasteiger partial charge in [0.15, 0.2) is 0 Å². The van der Waals surface area contributed by atoms with Gasteiger partial charge < -0.3 is 5.73 Å². The van der Waals surface area contributed by atoms with Crippen molar-refractivity contribution in [2.24, 2.45) is 0 Å². The van der Waals surface area contributed by atoms with Crippen LogP contribution in [0.3, 0.4) is 0 Å². The largest absolute Gasteiger partial charge is 0.398 e. The molecule has 1 fully saturated rings. The zero-order valence-corrected chi connectivity index (χ0v) is 12.8. The molecule has 0 unspecified atom stereocenters. The highest BCUT2D eigenvalue weighted by molar-refractivity contribution is 7.89. The molecule has 0 aliphatic carbocycles. The van der Waals surface area contributed by atoms with Crippen molar-refractivity contribution in [3.63, 3.8) is 0 Å². The van der Waals surface area contributed by atoms with Gasteiger partial charge in [-0.2, -0.15) is 4.31 Å². The van der Waals surface area contributed by atoms with Gasteiger partial charge in [0.25, 0.3) is 0 Å². The van der Waals surface area contributed by atoms with E-state index in [0.717, 1.165) is 0 Å². The van der Waals surface area contributed by atoms with Crippen LogP contribution in [0.5, 0.6) is 0 Å². The molecule has 1 saturated heterocycles. The Morgan fingerprint density at radius 2 is 1.89 bits per heavy atom. The SMILES string of the molecule is Cc1c(N)cc(S(=O)(=O)N2CCS(=O)CC2)cc1Cl. The van der Waals surface area contributed by atoms with E-state index in [0.29, 0.717) is 27.8 Å². The van der Waals surface area contributed by atoms with Gasteiger partial charge in [-0.05, 0) is 24.6 Å². The fraction of sp³-hybridized carbons (Fsp3) is 0.455. The van der Waals surface area contributed by atoms with Crippen molar-refractivity contribution >= 4 is 38.1 Å². The highest BCUT2D eigenvalue weighted by Crippen LogP contribution is 2.28. The van der Waals surface area contributed by atoms with E-state index in [1.54, 1.807) is 6.92 Å². The second-order valence-corrected chi connectivity index (χ2v) is 8.41. The molecule has 1 aromatic carbocycles. The minimum absolute atomic E-state index is 0.0910. The van der Waals surface area contributed by atoms with Gasteiger partial charge in [0.05, 0.1) is 4.90 Å². The van der Waals surface area contributed by atoms with Crippen LogP contribution in [0.15, 0.2) is 17.0 Å². The number of hydrogen-bond acceptors (Lipinski definition) is 4. The first kappa shape index (κ1) is 14.8. The summed E-state index contributed by atoms with van der Waals surface area (Å²) < 4.78 is 37.4. The summed E-state index contributed by atoms with van der Waals surface area (Å²) in [6.07, 6.45) is 0. The monoisotopic (exact) mass is 322 g/mol. The lowest BCUT2D eigenvalue weighted by molar-refractivity contribution is 0.439. The van der Waals surface area contributed by atoms with Gasteiger partial charge in [0.2, 0.25) is 10.0 Å². The molecule has 0 spiro atoms. The van der Waals surface area contributed by atoms with Crippen LogP contribution in [-0.4, -0.2) is 41.5 Å². The Balaban J connectivity index is 2.37. The molecule has 8 heteroatoms. The zero-order chi connectivity index (χ0) is 14.2. The fourth-order valence-corrected chi connectivity index (χ4v) is 4.91. The molecule has 5 nitrogen and oxygen atoms in total. The summed E-state index contributed by atoms with van der Waals surface area (Å²) in [6.45, 7) is 2.26. The average molecular weight is 323 g/mol. The van der Waals surface area contributed by atoms with E-state index < -0.39 is 20.8 Å². The lowest BCUT2D eigenvalue weighted by atomic mass is 10.2. The third-order valence-corrected chi connectivity index (χ3v) is 6.68. The lowest BCUT2D eigenvalue weighted by Crippen LogP contribution is -2.41. The number of benzene rings is 1. The van der Waals surface area contributed by atoms with Gasteiger partial charge in [-0.3, -0.25) is 4.21 Å². The Hall–Kier alpha value is -0.630. The minimum Gasteiger partial charge on any atom is -0.398 e. The maximum Gasteiger partial charge on any atom is 0.243 e. The second-order valence-electron chi connectivity index (χ2n) is 4.37. The van der Waals surface area contributed by atoms with E-state index in [-0.39, 0.29) is 18.0 Å². The van der Waals surface area contributed by atoms with Crippen molar-refractivity contribution in [2.45, 2.75) is 11.8 Å². The van der Waals surface area contributed by atoms with Gasteiger partial charge in [-0.25, -0.2) is 8.42 Å². The van der Waals surface area contributed by atoms with Crippen LogP contribution in [0, 0.1) is 6.92 Å². The Kier molecular flexibility index (Phi) is 4.20. The maximum atomic E-state index is 12.4. The van der Waals surface area contributed by atoms with Gasteiger partial charge in [0.1, 0.15) is 0 Å². The number of sulfonamides is 1. The summed E-state index contributed by atoms with van der Waals surface area (Å²) in [7, 11) is -4.53. The summed E-state index contributed by atoms with van der Waals surface area (Å²) in [4.78, 5) is 0.0910. The maximum absolute atomic E-state index is 12.4. The Bertz CT molecular complexity index is 598. The van der Waals surface area contributed by atoms with Crippen LogP contribution in [0.4, 0.5) is 5.69 Å². The fourth-order valence-electron chi connectivity index (χ4n) is 1.83. The molecule has 1 aliphatic heterocycles. The van der Waals surface area contributed by atoms with E-state index in [4.69, 9.17) is 17.3 Å². The van der Waals surface area contributed by atoms with Crippen molar-refractivity contribution in [1.29, 1.82) is 0 Å². The molecule has 1 aromatic rings. The first-order valence-electron chi connectivity index (χ1n) is 5.73. The summed E-state index contributed by atoms with van der Waals surface area (Å²) in [5.41, 5.74) is 6.77. The molecule has 1 heterocycles. The van der Waals surface area contributed by atoms with Crippen LogP contribution in [-0.2, 0) is 20.8 Å². The normalized spacial score (nSPS) is 18.6. The van der Waals surface area contributed by atoms with Crippen molar-refractivity contribution in [3.8, 4) is 0 Å². The molecule has 0 bridgehead atoms. The number of rotatable bonds is 2. The van der Waals surface area contributed by atoms with Gasteiger partial charge in [-0.1, -0.05) is 11.6 Å². The molecule has 0 atom stereocenters. The van der Waals surface area contributed by atoms with E-state index in [1.165, 1.54) is 16.4 Å². The highest BCUT2D eigenvalue weighted by Gasteiger charge is 2.28. The third kappa shape index (κ3) is 2.94. The molecule has 1 aliphatic rings. The highest BCUT2D eigenvalue weighted by atomic mass is 35.5. The average Bonchev–Trinajstić information content (AvgIpc) is 2.35. The van der Waals surface area contributed by atoms with E-state index in [1.807, 2.05) is 0 Å². The van der Waals surface area contributed by atoms with Crippen LogP contribution in [0.25, 0.3) is 0 Å². The number of nitrogens with two attached hydrogens (primary N) is 1. The molecule has 19 heavy (non-hydrogen) atoms. The van der Waals surface area contributed by atoms with E-state index in [9.17, 15) is 12.6 Å². The van der Waals surface area contributed by atoms with Gasteiger partial charge in [0, 0.05) is 46.1 Å². The number of nitrogens with zero attached hydrogens (tertiary/aromatic N) is 1. The van der Waals surface area contributed by atoms with Crippen LogP contribution < -0.4 is 5.73 Å². The first-order valence-corrected chi connectivity index (χ1v) is 9.03.